The highest BCUT2D eigenvalue weighted by Gasteiger charge is 1.96. The van der Waals surface area contributed by atoms with E-state index in [4.69, 9.17) is 0 Å². The second kappa shape index (κ2) is 42.9. The quantitative estimate of drug-likeness (QED) is 0.138. The number of hydrogen-bond acceptors (Lipinski definition) is 17. The lowest BCUT2D eigenvalue weighted by Crippen LogP contribution is -1.85. The topological polar surface area (TPSA) is 219 Å². The molecule has 11 aromatic heterocycles. The predicted molar refractivity (Wildman–Crippen MR) is 376 cm³/mol. The molecule has 0 radical (unpaired) electrons. The van der Waals surface area contributed by atoms with Crippen LogP contribution in [0.15, 0.2) is 282 Å². The molecule has 17 heteroatoms. The third kappa shape index (κ3) is 30.8. The van der Waals surface area contributed by atoms with E-state index in [0.29, 0.717) is 5.82 Å². The molecule has 15 rings (SSSR count). The van der Waals surface area contributed by atoms with Crippen molar-refractivity contribution >= 4 is 43.6 Å². The fourth-order valence-corrected chi connectivity index (χ4v) is 7.51. The summed E-state index contributed by atoms with van der Waals surface area (Å²) >= 11 is 0. The summed E-state index contributed by atoms with van der Waals surface area (Å²) < 4.78 is 0. The molecule has 0 spiro atoms. The van der Waals surface area contributed by atoms with Crippen molar-refractivity contribution in [2.45, 2.75) is 76.2 Å². The van der Waals surface area contributed by atoms with Gasteiger partial charge in [0, 0.05) is 119 Å². The molecule has 15 aromatic rings. The Morgan fingerprint density at radius 3 is 1.42 bits per heavy atom. The minimum atomic E-state index is 0.711. The lowest BCUT2D eigenvalue weighted by Gasteiger charge is -1.97. The number of aromatic nitrogens is 17. The first-order valence-corrected chi connectivity index (χ1v) is 29.7. The van der Waals surface area contributed by atoms with E-state index in [1.807, 2.05) is 195 Å². The van der Waals surface area contributed by atoms with Crippen LogP contribution in [0.25, 0.3) is 43.6 Å². The van der Waals surface area contributed by atoms with Crippen molar-refractivity contribution in [3.05, 3.63) is 344 Å². The van der Waals surface area contributed by atoms with Crippen LogP contribution in [0.2, 0.25) is 0 Å². The summed E-state index contributed by atoms with van der Waals surface area (Å²) in [5, 5.41) is 12.1. The number of pyridine rings is 7. The van der Waals surface area contributed by atoms with E-state index in [1.54, 1.807) is 68.9 Å². The highest BCUT2D eigenvalue weighted by Crippen LogP contribution is 2.16. The van der Waals surface area contributed by atoms with Crippen molar-refractivity contribution in [2.75, 3.05) is 0 Å². The van der Waals surface area contributed by atoms with Crippen molar-refractivity contribution in [3.63, 3.8) is 0 Å². The lowest BCUT2D eigenvalue weighted by atomic mass is 10.1. The van der Waals surface area contributed by atoms with E-state index < -0.39 is 0 Å². The summed E-state index contributed by atoms with van der Waals surface area (Å²) in [6, 6.07) is 58.6. The second-order valence-electron chi connectivity index (χ2n) is 20.2. The molecule has 468 valence electrons. The molecular formula is C76H79N17. The Labute approximate surface area is 546 Å². The van der Waals surface area contributed by atoms with Gasteiger partial charge in [0.15, 0.2) is 0 Å². The number of para-hydroxylation sites is 4. The van der Waals surface area contributed by atoms with Crippen LogP contribution in [0.5, 0.6) is 0 Å². The molecule has 0 saturated carbocycles. The molecule has 0 atom stereocenters. The molecule has 11 heterocycles. The number of nitrogens with zero attached hydrogens (tertiary/aromatic N) is 17. The maximum absolute atomic E-state index is 4.38. The van der Waals surface area contributed by atoms with Gasteiger partial charge in [-0.15, -0.1) is 5.10 Å². The zero-order valence-corrected chi connectivity index (χ0v) is 54.7. The summed E-state index contributed by atoms with van der Waals surface area (Å²) in [7, 11) is 0. The molecule has 0 amide bonds. The van der Waals surface area contributed by atoms with Crippen LogP contribution in [0.1, 0.15) is 62.2 Å². The van der Waals surface area contributed by atoms with E-state index >= 15 is 0 Å². The van der Waals surface area contributed by atoms with Gasteiger partial charge in [-0.1, -0.05) is 97.1 Å². The fourth-order valence-electron chi connectivity index (χ4n) is 7.51. The Hall–Kier alpha value is -11.9. The highest BCUT2D eigenvalue weighted by atomic mass is 15.1. The van der Waals surface area contributed by atoms with Crippen molar-refractivity contribution in [1.29, 1.82) is 0 Å². The van der Waals surface area contributed by atoms with Gasteiger partial charge in [-0.25, -0.2) is 29.9 Å². The fraction of sp³-hybridized carbons (Fsp3) is 0.145. The van der Waals surface area contributed by atoms with Crippen LogP contribution in [0.4, 0.5) is 0 Å². The molecular weight excluding hydrogens is 1150 g/mol. The van der Waals surface area contributed by atoms with Crippen LogP contribution in [0, 0.1) is 76.2 Å². The summed E-state index contributed by atoms with van der Waals surface area (Å²) in [5.74, 6) is 1.47. The largest absolute Gasteiger partial charge is 0.265 e. The van der Waals surface area contributed by atoms with Gasteiger partial charge in [-0.05, 0) is 183 Å². The normalized spacial score (nSPS) is 9.45. The molecule has 17 nitrogen and oxygen atoms in total. The van der Waals surface area contributed by atoms with Crippen LogP contribution in [-0.4, -0.2) is 85.0 Å². The SMILES string of the molecule is Cc1ccc2ccccc2n1.Cc1cccc2cccnc12.Cc1ccccn1.Cc1cccnc1.Cc1ccnc2ccccc12.Cc1ccncc1.Cc1ccncn1.Cc1cnc2ccccc2c1.Cc1cnccn1.Cc1nccnn1.Cc1ncncn1. The molecule has 0 bridgehead atoms. The van der Waals surface area contributed by atoms with Gasteiger partial charge >= 0.3 is 0 Å². The van der Waals surface area contributed by atoms with Crippen LogP contribution < -0.4 is 0 Å². The van der Waals surface area contributed by atoms with Gasteiger partial charge in [-0.2, -0.15) is 5.10 Å². The zero-order valence-electron chi connectivity index (χ0n) is 54.7. The molecule has 93 heavy (non-hydrogen) atoms. The van der Waals surface area contributed by atoms with Gasteiger partial charge in [0.1, 0.15) is 30.6 Å². The Balaban J connectivity index is 0.000000187. The molecule has 0 N–H and O–H groups in total. The number of benzene rings is 4. The average Bonchev–Trinajstić information content (AvgIpc) is 1.87. The first-order valence-electron chi connectivity index (χ1n) is 29.7. The van der Waals surface area contributed by atoms with E-state index in [0.717, 1.165) is 50.7 Å². The Bertz CT molecular complexity index is 3850. The maximum atomic E-state index is 4.38. The van der Waals surface area contributed by atoms with E-state index in [-0.39, 0.29) is 0 Å². The van der Waals surface area contributed by atoms with Crippen molar-refractivity contribution in [2.24, 2.45) is 0 Å². The molecule has 0 aliphatic rings. The Morgan fingerprint density at radius 1 is 0.258 bits per heavy atom. The summed E-state index contributed by atoms with van der Waals surface area (Å²) in [6.45, 7) is 21.7. The van der Waals surface area contributed by atoms with Crippen molar-refractivity contribution in [1.82, 2.24) is 85.0 Å². The highest BCUT2D eigenvalue weighted by molar-refractivity contribution is 5.82. The van der Waals surface area contributed by atoms with Gasteiger partial charge in [0.25, 0.3) is 0 Å². The number of hydrogen-bond donors (Lipinski definition) is 0. The molecule has 0 fully saturated rings. The second-order valence-corrected chi connectivity index (χ2v) is 20.2. The molecule has 0 aliphatic carbocycles. The molecule has 0 unspecified atom stereocenters. The average molecular weight is 1230 g/mol. The smallest absolute Gasteiger partial charge is 0.147 e. The molecule has 4 aromatic carbocycles. The third-order valence-electron chi connectivity index (χ3n) is 12.3. The minimum absolute atomic E-state index is 0.711. The maximum Gasteiger partial charge on any atom is 0.147 e. The molecule has 0 saturated heterocycles. The van der Waals surface area contributed by atoms with Gasteiger partial charge in [-0.3, -0.25) is 44.9 Å². The van der Waals surface area contributed by atoms with Crippen LogP contribution >= 0.6 is 0 Å². The van der Waals surface area contributed by atoms with E-state index in [1.165, 1.54) is 68.3 Å². The van der Waals surface area contributed by atoms with E-state index in [9.17, 15) is 0 Å². The Morgan fingerprint density at radius 2 is 0.892 bits per heavy atom. The summed E-state index contributed by atoms with van der Waals surface area (Å²) in [5.41, 5.74) is 14.6. The number of fused-ring (bicyclic) bond motifs is 4. The zero-order chi connectivity index (χ0) is 66.5. The Kier molecular flexibility index (Phi) is 33.2. The first kappa shape index (κ1) is 71.9. The van der Waals surface area contributed by atoms with Crippen molar-refractivity contribution in [3.8, 4) is 0 Å². The predicted octanol–water partition coefficient (Wildman–Crippen LogP) is 16.3. The lowest BCUT2D eigenvalue weighted by molar-refractivity contribution is 0.907. The van der Waals surface area contributed by atoms with Gasteiger partial charge in [0.05, 0.1) is 34.0 Å². The van der Waals surface area contributed by atoms with Crippen molar-refractivity contribution < 1.29 is 0 Å². The number of aryl methyl sites for hydroxylation is 11. The summed E-state index contributed by atoms with van der Waals surface area (Å²) in [4.78, 5) is 59.2. The minimum Gasteiger partial charge on any atom is -0.265 e. The van der Waals surface area contributed by atoms with Gasteiger partial charge < -0.3 is 0 Å². The monoisotopic (exact) mass is 1230 g/mol. The third-order valence-corrected chi connectivity index (χ3v) is 12.3. The first-order chi connectivity index (χ1) is 45.2. The van der Waals surface area contributed by atoms with Crippen LogP contribution in [-0.2, 0) is 0 Å². The standard InChI is InChI=1S/4C10H9N.3C6H7N.2C5H6N2.2C4H5N3/c1-8-4-2-5-9-6-3-7-11-10(8)9;1-8-6-9-4-2-3-5-10(9)11-7-8;1-8-6-7-11-10-5-3-2-4-9(8)10;1-8-6-7-9-4-2-3-5-10(9)11-8;1-6-2-4-7-5-3-6;1-6-3-2-4-7-5-6;1-6-4-2-3-5-7-6;1-5-4-6-2-3-7-5;1-5-2-3-6-4-7-5;1-4-6-2-5-3-7-4;1-4-5-2-3-6-7-4/h4*2-7H,1H3;3*2-5H,1H3;2*2-4H,1H3;2*2-3H,1H3. The number of rotatable bonds is 0. The molecule has 0 aliphatic heterocycles. The van der Waals surface area contributed by atoms with Gasteiger partial charge in [0.2, 0.25) is 0 Å². The van der Waals surface area contributed by atoms with E-state index in [2.05, 4.69) is 160 Å². The van der Waals surface area contributed by atoms with Crippen LogP contribution in [0.3, 0.4) is 0 Å². The summed E-state index contributed by atoms with van der Waals surface area (Å²) in [6.07, 6.45) is 29.0.